The second-order valence-electron chi connectivity index (χ2n) is 24.9. The van der Waals surface area contributed by atoms with Crippen molar-refractivity contribution in [2.75, 3.05) is 39.5 Å². The highest BCUT2D eigenvalue weighted by atomic mass is 16.7. The van der Waals surface area contributed by atoms with Crippen LogP contribution in [0.3, 0.4) is 0 Å². The van der Waals surface area contributed by atoms with Crippen LogP contribution in [0.15, 0.2) is 24.3 Å². The van der Waals surface area contributed by atoms with E-state index in [1.165, 1.54) is 25.0 Å². The largest absolute Gasteiger partial charge is 0.508 e. The molecule has 2 heterocycles. The second kappa shape index (κ2) is 46.5. The molecule has 2 aliphatic rings. The van der Waals surface area contributed by atoms with Crippen LogP contribution in [0.25, 0.3) is 0 Å². The first-order valence-electron chi connectivity index (χ1n) is 34.0. The molecule has 1 aromatic rings. The lowest BCUT2D eigenvalue weighted by molar-refractivity contribution is -0.293. The normalized spacial score (nSPS) is 25.5. The van der Waals surface area contributed by atoms with E-state index in [1.807, 2.05) is 5.32 Å². The van der Waals surface area contributed by atoms with E-state index < -0.39 is 202 Å². The number of nitrogens with two attached hydrogens (primary N) is 2. The fraction of sp³-hybridized carbons (Fsp3) is 0.750. The van der Waals surface area contributed by atoms with Gasteiger partial charge in [-0.05, 0) is 49.9 Å². The number of amides is 10. The van der Waals surface area contributed by atoms with Crippen molar-refractivity contribution in [2.45, 2.75) is 265 Å². The number of primary amides is 1. The molecule has 0 unspecified atom stereocenters. The van der Waals surface area contributed by atoms with Crippen molar-refractivity contribution in [1.82, 2.24) is 47.9 Å². The number of phenolic OH excluding ortho intramolecular Hbond substituents is 1. The maximum Gasteiger partial charge on any atom is 0.248 e. The fourth-order valence-corrected chi connectivity index (χ4v) is 11.0. The topological polar surface area (TPSA) is 552 Å². The Bertz CT molecular complexity index is 2580. The highest BCUT2D eigenvalue weighted by Gasteiger charge is 2.43. The van der Waals surface area contributed by atoms with Gasteiger partial charge in [0.1, 0.15) is 72.5 Å². The van der Waals surface area contributed by atoms with Crippen LogP contribution in [0.4, 0.5) is 0 Å². The Morgan fingerprint density at radius 3 is 1.67 bits per heavy atom. The van der Waals surface area contributed by atoms with Crippen LogP contribution >= 0.6 is 0 Å². The highest BCUT2D eigenvalue weighted by Crippen LogP contribution is 2.26. The van der Waals surface area contributed by atoms with Crippen LogP contribution in [0.2, 0.25) is 0 Å². The van der Waals surface area contributed by atoms with Crippen LogP contribution in [-0.2, 0) is 57.4 Å². The van der Waals surface area contributed by atoms with Crippen LogP contribution < -0.4 is 59.3 Å². The average molecular weight is 1380 g/mol. The minimum absolute atomic E-state index is 0.0351. The lowest BCUT2D eigenvalue weighted by atomic mass is 9.94. The van der Waals surface area contributed by atoms with Crippen molar-refractivity contribution >= 4 is 59.1 Å². The summed E-state index contributed by atoms with van der Waals surface area (Å²) < 4.78 is 11.4. The Labute approximate surface area is 565 Å². The Balaban J connectivity index is 2.13. The molecule has 33 heteroatoms. The number of aliphatic hydroxyl groups excluding tert-OH is 9. The molecule has 16 atom stereocenters. The maximum absolute atomic E-state index is 14.5. The molecule has 0 radical (unpaired) electrons. The molecular formula is C64H109N11O22. The number of ether oxygens (including phenoxy) is 2. The first-order chi connectivity index (χ1) is 46.3. The number of carbonyl (C=O) groups excluding carboxylic acids is 10. The number of hydrogen-bond donors (Lipinski definition) is 21. The molecule has 97 heavy (non-hydrogen) atoms. The van der Waals surface area contributed by atoms with Crippen LogP contribution in [0.5, 0.6) is 5.75 Å². The lowest BCUT2D eigenvalue weighted by Crippen LogP contribution is -2.63. The van der Waals surface area contributed by atoms with Crippen molar-refractivity contribution in [3.05, 3.63) is 29.8 Å². The monoisotopic (exact) mass is 1380 g/mol. The predicted octanol–water partition coefficient (Wildman–Crippen LogP) is -4.20. The summed E-state index contributed by atoms with van der Waals surface area (Å²) in [6.07, 6.45) is -2.36. The molecular weight excluding hydrogens is 1270 g/mol. The standard InChI is InChI=1S/C64H109N11O22/c1-3-5-7-9-11-13-15-17-19-21-29-67-47(81)32-41-59(91)73-43(35-77)61(93)75-51(55(87)57(66)89)62(94)69-38(30-44(79)53(85)46(22-20-18-16-14-12-10-8-6-4-2)97-64-56(88)54(86)45(80)36-96-64)31-48(82)71-42(34-76)60(92)74-50(52(84)37-23-25-39(78)26-24-37)63(95)72-40(27-28-65)58(90)68-33-49(83)70-41/h23-26,38,40-46,50-56,64,76-80,84-88H,3-22,27-36,65H2,1-2H3,(H2,66,89)(H,67,81)(H,68,90)(H,69,94)(H,70,83)(H,71,82)(H,72,95)(H,73,91)(H,74,92)(H,75,93)/t38-,40-,41+,42+,43-,44-,45-,46-,50-,51+,52-,53-,54+,55+,56-,64-/m1/s1. The summed E-state index contributed by atoms with van der Waals surface area (Å²) in [6.45, 7) is 0.0976. The number of aromatic hydroxyl groups is 1. The minimum Gasteiger partial charge on any atom is -0.508 e. The van der Waals surface area contributed by atoms with Crippen molar-refractivity contribution in [2.24, 2.45) is 11.5 Å². The summed E-state index contributed by atoms with van der Waals surface area (Å²) in [5.41, 5.74) is 11.1. The summed E-state index contributed by atoms with van der Waals surface area (Å²) in [4.78, 5) is 139. The van der Waals surface area contributed by atoms with Gasteiger partial charge < -0.3 is 120 Å². The number of carbonyl (C=O) groups is 10. The van der Waals surface area contributed by atoms with Crippen LogP contribution in [0.1, 0.15) is 180 Å². The molecule has 33 nitrogen and oxygen atoms in total. The third-order valence-electron chi connectivity index (χ3n) is 16.8. The number of nitrogens with one attached hydrogen (secondary N) is 9. The third kappa shape index (κ3) is 30.9. The van der Waals surface area contributed by atoms with Gasteiger partial charge in [0.2, 0.25) is 59.1 Å². The quantitative estimate of drug-likeness (QED) is 0.0281. The van der Waals surface area contributed by atoms with E-state index in [0.29, 0.717) is 19.3 Å². The van der Waals surface area contributed by atoms with Crippen molar-refractivity contribution in [3.63, 3.8) is 0 Å². The van der Waals surface area contributed by atoms with Crippen molar-refractivity contribution in [1.29, 1.82) is 0 Å². The van der Waals surface area contributed by atoms with Gasteiger partial charge in [0.05, 0.1) is 45.0 Å². The molecule has 10 amide bonds. The lowest BCUT2D eigenvalue weighted by Gasteiger charge is -2.38. The molecule has 2 saturated heterocycles. The summed E-state index contributed by atoms with van der Waals surface area (Å²) in [7, 11) is 0. The van der Waals surface area contributed by atoms with E-state index >= 15 is 0 Å². The van der Waals surface area contributed by atoms with Gasteiger partial charge in [-0.1, -0.05) is 142 Å². The van der Waals surface area contributed by atoms with Crippen LogP contribution in [-0.4, -0.2) is 241 Å². The molecule has 0 spiro atoms. The van der Waals surface area contributed by atoms with Gasteiger partial charge >= 0.3 is 0 Å². The molecule has 0 aromatic heterocycles. The van der Waals surface area contributed by atoms with E-state index in [2.05, 4.69) is 56.4 Å². The Morgan fingerprint density at radius 2 is 1.11 bits per heavy atom. The van der Waals surface area contributed by atoms with Gasteiger partial charge in [-0.15, -0.1) is 0 Å². The number of aliphatic hydroxyl groups is 9. The Kier molecular flexibility index (Phi) is 40.5. The zero-order chi connectivity index (χ0) is 72.0. The number of rotatable bonds is 37. The average Bonchev–Trinajstić information content (AvgIpc) is 0.897. The summed E-state index contributed by atoms with van der Waals surface area (Å²) >= 11 is 0. The first-order valence-corrected chi connectivity index (χ1v) is 34.0. The minimum atomic E-state index is -2.66. The molecule has 2 fully saturated rings. The summed E-state index contributed by atoms with van der Waals surface area (Å²) in [5.74, 6) is -13.2. The summed E-state index contributed by atoms with van der Waals surface area (Å²) in [5, 5.41) is 129. The number of benzene rings is 1. The molecule has 0 bridgehead atoms. The fourth-order valence-electron chi connectivity index (χ4n) is 11.0. The first kappa shape index (κ1) is 84.5. The molecule has 23 N–H and O–H groups in total. The Hall–Kier alpha value is -6.76. The van der Waals surface area contributed by atoms with Crippen LogP contribution in [0, 0.1) is 0 Å². The molecule has 1 aromatic carbocycles. The molecule has 2 aliphatic heterocycles. The number of phenols is 1. The second-order valence-corrected chi connectivity index (χ2v) is 24.9. The van der Waals surface area contributed by atoms with Crippen molar-refractivity contribution < 1.29 is 108 Å². The van der Waals surface area contributed by atoms with Crippen molar-refractivity contribution in [3.8, 4) is 5.75 Å². The van der Waals surface area contributed by atoms with E-state index in [4.69, 9.17) is 20.9 Å². The third-order valence-corrected chi connectivity index (χ3v) is 16.8. The number of hydrogen-bond acceptors (Lipinski definition) is 23. The molecule has 3 rings (SSSR count). The highest BCUT2D eigenvalue weighted by molar-refractivity contribution is 5.99. The Morgan fingerprint density at radius 1 is 0.608 bits per heavy atom. The van der Waals surface area contributed by atoms with Gasteiger partial charge in [0.15, 0.2) is 12.4 Å². The zero-order valence-electron chi connectivity index (χ0n) is 55.8. The van der Waals surface area contributed by atoms with E-state index in [9.17, 15) is 99.0 Å². The van der Waals surface area contributed by atoms with E-state index in [-0.39, 0.29) is 37.2 Å². The predicted molar refractivity (Wildman–Crippen MR) is 348 cm³/mol. The SMILES string of the molecule is CCCCCCCCCCCCNC(=O)C[C@@H]1NC(=O)CNC(=O)[C@@H](CCN)NC(=O)[C@@H]([C@H](O)c2ccc(O)cc2)NC(=O)[C@H](CO)NC(=O)C[C@@H](C[C@@H](O)[C@@H](O)[C@@H](CCCCCCCCCCC)O[C@H]2OC[C@@H](O)[C@H](O)[C@H]2O)NC(=O)[C@H]([C@H](O)C(N)=O)NC(=O)[C@@H](CO)NC1=O. The summed E-state index contributed by atoms with van der Waals surface area (Å²) in [6, 6.07) is -9.52. The van der Waals surface area contributed by atoms with E-state index in [1.54, 1.807) is 0 Å². The molecule has 552 valence electrons. The van der Waals surface area contributed by atoms with Gasteiger partial charge in [-0.2, -0.15) is 0 Å². The number of unbranched alkanes of at least 4 members (excludes halogenated alkanes) is 17. The smallest absolute Gasteiger partial charge is 0.248 e. The molecule has 0 aliphatic carbocycles. The van der Waals surface area contributed by atoms with Gasteiger partial charge in [-0.3, -0.25) is 47.9 Å². The van der Waals surface area contributed by atoms with Gasteiger partial charge in [0, 0.05) is 19.0 Å². The van der Waals surface area contributed by atoms with E-state index in [0.717, 1.165) is 102 Å². The zero-order valence-corrected chi connectivity index (χ0v) is 55.8. The van der Waals surface area contributed by atoms with Gasteiger partial charge in [-0.25, -0.2) is 0 Å². The maximum atomic E-state index is 14.5. The van der Waals surface area contributed by atoms with Gasteiger partial charge in [0.25, 0.3) is 0 Å². The molecule has 0 saturated carbocycles.